The van der Waals surface area contributed by atoms with Crippen molar-refractivity contribution in [2.24, 2.45) is 0 Å². The van der Waals surface area contributed by atoms with E-state index in [4.69, 9.17) is 9.47 Å². The molecular weight excluding hydrogens is 511 g/mol. The molecule has 174 valence electrons. The molecule has 4 nitrogen and oxygen atoms in total. The summed E-state index contributed by atoms with van der Waals surface area (Å²) in [4.78, 5) is 21.3. The summed E-state index contributed by atoms with van der Waals surface area (Å²) in [5.74, 6) is 0.877. The molecule has 29 heavy (non-hydrogen) atoms. The zero-order valence-electron chi connectivity index (χ0n) is 19.3. The quantitative estimate of drug-likeness (QED) is 0.0995. The molecule has 0 spiro atoms. The van der Waals surface area contributed by atoms with E-state index < -0.39 is 0 Å². The fraction of sp³-hybridized carbons (Fsp3) is 0.909. The van der Waals surface area contributed by atoms with Crippen LogP contribution in [0.5, 0.6) is 0 Å². The summed E-state index contributed by atoms with van der Waals surface area (Å²) in [5.41, 5.74) is 0. The molecule has 0 rings (SSSR count). The number of carbonyl (C=O) groups is 2. The standard InChI is InChI=1S/2C7H14O2S.2C4H9.Sn/c2*1-2-3-5-9-7(8)4-6-10;2*1-3-4-2;/h2*10H,2-6H2,1H3;2*1,3-4H2,2H3;. The summed E-state index contributed by atoms with van der Waals surface area (Å²) in [6.45, 7) is 9.82. The third-order valence-electron chi connectivity index (χ3n) is 3.57. The molecule has 0 aromatic carbocycles. The summed E-state index contributed by atoms with van der Waals surface area (Å²) in [5, 5.41) is 0. The summed E-state index contributed by atoms with van der Waals surface area (Å²) in [6, 6.07) is 0. The van der Waals surface area contributed by atoms with Crippen LogP contribution in [-0.2, 0) is 19.1 Å². The Hall–Kier alpha value is 0.439. The molecule has 0 atom stereocenters. The average molecular weight is 557 g/mol. The van der Waals surface area contributed by atoms with Crippen LogP contribution in [0.3, 0.4) is 0 Å². The van der Waals surface area contributed by atoms with Gasteiger partial charge in [-0.3, -0.25) is 9.59 Å². The predicted octanol–water partition coefficient (Wildman–Crippen LogP) is 6.43. The van der Waals surface area contributed by atoms with Crippen LogP contribution >= 0.6 is 25.3 Å². The fourth-order valence-corrected chi connectivity index (χ4v) is 6.24. The molecule has 0 saturated carbocycles. The maximum absolute atomic E-state index is 10.6. The van der Waals surface area contributed by atoms with E-state index in [2.05, 4.69) is 53.0 Å². The van der Waals surface area contributed by atoms with Crippen LogP contribution in [0.15, 0.2) is 0 Å². The molecule has 2 radical (unpaired) electrons. The number of thiol groups is 2. The van der Waals surface area contributed by atoms with Gasteiger partial charge in [-0.05, 0) is 12.8 Å². The Morgan fingerprint density at radius 1 is 0.655 bits per heavy atom. The normalized spacial score (nSPS) is 9.59. The van der Waals surface area contributed by atoms with E-state index >= 15 is 0 Å². The number of rotatable bonds is 16. The predicted molar refractivity (Wildman–Crippen MR) is 134 cm³/mol. The van der Waals surface area contributed by atoms with E-state index in [1.807, 2.05) is 0 Å². The zero-order chi connectivity index (χ0) is 22.6. The van der Waals surface area contributed by atoms with Gasteiger partial charge in [-0.15, -0.1) is 0 Å². The number of hydrogen-bond acceptors (Lipinski definition) is 6. The van der Waals surface area contributed by atoms with Gasteiger partial charge >= 0.3 is 81.5 Å². The number of esters is 2. The molecule has 0 bridgehead atoms. The molecule has 0 heterocycles. The molecule has 0 fully saturated rings. The van der Waals surface area contributed by atoms with E-state index in [0.717, 1.165) is 25.7 Å². The monoisotopic (exact) mass is 558 g/mol. The number of hydrogen-bond donors (Lipinski definition) is 2. The molecule has 0 N–H and O–H groups in total. The van der Waals surface area contributed by atoms with Gasteiger partial charge in [-0.1, -0.05) is 26.7 Å². The molecule has 0 aromatic rings. The van der Waals surface area contributed by atoms with Gasteiger partial charge in [0.1, 0.15) is 0 Å². The summed E-state index contributed by atoms with van der Waals surface area (Å²) >= 11 is 7.96. The Morgan fingerprint density at radius 3 is 1.28 bits per heavy atom. The zero-order valence-corrected chi connectivity index (χ0v) is 24.0. The van der Waals surface area contributed by atoms with E-state index in [0.29, 0.717) is 37.6 Å². The van der Waals surface area contributed by atoms with Gasteiger partial charge in [-0.25, -0.2) is 0 Å². The third-order valence-corrected chi connectivity index (χ3v) is 8.05. The van der Waals surface area contributed by atoms with Gasteiger partial charge in [0.2, 0.25) is 0 Å². The Labute approximate surface area is 202 Å². The van der Waals surface area contributed by atoms with Crippen LogP contribution in [0.1, 0.15) is 91.9 Å². The molecule has 0 aliphatic heterocycles. The molecule has 0 unspecified atom stereocenters. The first kappa shape index (κ1) is 34.1. The molecule has 0 saturated heterocycles. The van der Waals surface area contributed by atoms with Crippen LogP contribution in [0, 0.1) is 0 Å². The van der Waals surface area contributed by atoms with Crippen molar-refractivity contribution >= 4 is 58.3 Å². The van der Waals surface area contributed by atoms with Crippen molar-refractivity contribution in [2.75, 3.05) is 24.7 Å². The molecule has 7 heteroatoms. The van der Waals surface area contributed by atoms with Crippen LogP contribution in [0.4, 0.5) is 0 Å². The first-order valence-corrected chi connectivity index (χ1v) is 16.6. The second kappa shape index (κ2) is 33.1. The maximum atomic E-state index is 10.6. The van der Waals surface area contributed by atoms with Crippen molar-refractivity contribution in [1.82, 2.24) is 0 Å². The average Bonchev–Trinajstić information content (AvgIpc) is 2.70. The summed E-state index contributed by atoms with van der Waals surface area (Å²) in [7, 11) is 0. The Kier molecular flexibility index (Phi) is 38.9. The molecule has 0 amide bonds. The first-order chi connectivity index (χ1) is 14.0. The minimum absolute atomic E-state index is 0.136. The van der Waals surface area contributed by atoms with Crippen molar-refractivity contribution in [3.05, 3.63) is 0 Å². The van der Waals surface area contributed by atoms with Gasteiger partial charge < -0.3 is 9.47 Å². The van der Waals surface area contributed by atoms with E-state index in [1.54, 1.807) is 8.87 Å². The van der Waals surface area contributed by atoms with E-state index in [1.165, 1.54) is 25.7 Å². The molecule has 0 aromatic heterocycles. The molecule has 0 aliphatic carbocycles. The Morgan fingerprint density at radius 2 is 1.00 bits per heavy atom. The Bertz CT molecular complexity index is 302. The fourth-order valence-electron chi connectivity index (χ4n) is 1.72. The minimum atomic E-state index is -0.136. The number of ether oxygens (including phenoxy) is 2. The second-order valence-corrected chi connectivity index (χ2v) is 11.7. The number of unbranched alkanes of at least 4 members (excludes halogenated alkanes) is 4. The van der Waals surface area contributed by atoms with Crippen LogP contribution in [0.2, 0.25) is 8.87 Å². The van der Waals surface area contributed by atoms with Crippen molar-refractivity contribution in [3.8, 4) is 0 Å². The van der Waals surface area contributed by atoms with Crippen molar-refractivity contribution < 1.29 is 19.1 Å². The molecule has 0 aliphatic rings. The Balaban J connectivity index is -0.000000350. The summed E-state index contributed by atoms with van der Waals surface area (Å²) < 4.78 is 12.9. The van der Waals surface area contributed by atoms with E-state index in [9.17, 15) is 9.59 Å². The van der Waals surface area contributed by atoms with Gasteiger partial charge in [-0.2, -0.15) is 25.3 Å². The van der Waals surface area contributed by atoms with Crippen LogP contribution in [0.25, 0.3) is 0 Å². The van der Waals surface area contributed by atoms with Gasteiger partial charge in [0.25, 0.3) is 0 Å². The number of carbonyl (C=O) groups excluding carboxylic acids is 2. The van der Waals surface area contributed by atoms with Crippen LogP contribution in [-0.4, -0.2) is 57.8 Å². The van der Waals surface area contributed by atoms with Gasteiger partial charge in [0.15, 0.2) is 0 Å². The van der Waals surface area contributed by atoms with Crippen molar-refractivity contribution in [2.45, 2.75) is 101 Å². The summed E-state index contributed by atoms with van der Waals surface area (Å²) in [6.07, 6.45) is 10.7. The van der Waals surface area contributed by atoms with Crippen molar-refractivity contribution in [3.63, 3.8) is 0 Å². The van der Waals surface area contributed by atoms with Gasteiger partial charge in [0, 0.05) is 11.5 Å². The first-order valence-electron chi connectivity index (χ1n) is 11.3. The van der Waals surface area contributed by atoms with Crippen LogP contribution < -0.4 is 0 Å². The molecular formula is C22H46O4S2Sn. The second-order valence-electron chi connectivity index (χ2n) is 6.55. The van der Waals surface area contributed by atoms with E-state index in [-0.39, 0.29) is 33.1 Å². The third kappa shape index (κ3) is 39.5. The topological polar surface area (TPSA) is 52.6 Å². The van der Waals surface area contributed by atoms with Crippen molar-refractivity contribution in [1.29, 1.82) is 0 Å². The SMILES string of the molecule is CCCCOC(=O)CCS.CCCCOC(=O)CCS.CCC[CH2][Sn][CH2]CCC. The van der Waals surface area contributed by atoms with Gasteiger partial charge in [0.05, 0.1) is 26.1 Å².